The number of sulfone groups is 1. The molecule has 0 N–H and O–H groups in total. The van der Waals surface area contributed by atoms with Crippen molar-refractivity contribution in [3.05, 3.63) is 54.3 Å². The number of hydrogen-bond acceptors (Lipinski definition) is 4. The van der Waals surface area contributed by atoms with Gasteiger partial charge in [0.25, 0.3) is 0 Å². The summed E-state index contributed by atoms with van der Waals surface area (Å²) < 4.78 is 42.4. The third-order valence-electron chi connectivity index (χ3n) is 4.06. The molecule has 1 heterocycles. The van der Waals surface area contributed by atoms with Crippen LogP contribution in [0.3, 0.4) is 0 Å². The average molecular weight is 390 g/mol. The highest BCUT2D eigenvalue weighted by Crippen LogP contribution is 2.32. The van der Waals surface area contributed by atoms with Crippen molar-refractivity contribution in [3.63, 3.8) is 0 Å². The molecule has 0 saturated heterocycles. The van der Waals surface area contributed by atoms with Gasteiger partial charge in [-0.15, -0.1) is 0 Å². The second-order valence-corrected chi connectivity index (χ2v) is 14.3. The summed E-state index contributed by atoms with van der Waals surface area (Å²) in [6, 6.07) is 12.8. The Morgan fingerprint density at radius 3 is 1.96 bits per heavy atom. The number of aromatic nitrogens is 1. The van der Waals surface area contributed by atoms with Gasteiger partial charge >= 0.3 is 0 Å². The minimum absolute atomic E-state index is 0.260. The first kappa shape index (κ1) is 18.5. The molecule has 0 amide bonds. The second kappa shape index (κ2) is 6.48. The van der Waals surface area contributed by atoms with Gasteiger partial charge in [0.1, 0.15) is 25.0 Å². The molecule has 0 aliphatic heterocycles. The van der Waals surface area contributed by atoms with E-state index in [1.54, 1.807) is 36.4 Å². The van der Waals surface area contributed by atoms with Crippen molar-refractivity contribution in [1.29, 1.82) is 0 Å². The predicted octanol–water partition coefficient (Wildman–Crippen LogP) is 4.10. The highest BCUT2D eigenvalue weighted by molar-refractivity contribution is 7.90. The largest absolute Gasteiger partial charge is 0.365 e. The van der Waals surface area contributed by atoms with Gasteiger partial charge in [0, 0.05) is 17.4 Å². The maximum Gasteiger partial charge on any atom is 0.175 e. The summed E-state index contributed by atoms with van der Waals surface area (Å²) in [6.45, 7) is 6.45. The van der Waals surface area contributed by atoms with Crippen LogP contribution in [0.2, 0.25) is 19.6 Å². The van der Waals surface area contributed by atoms with E-state index in [4.69, 9.17) is 4.52 Å². The number of rotatable bonds is 4. The van der Waals surface area contributed by atoms with Crippen LogP contribution in [0.25, 0.3) is 22.4 Å². The van der Waals surface area contributed by atoms with Gasteiger partial charge in [-0.3, -0.25) is 0 Å². The molecule has 136 valence electrons. The number of hydrogen-bond donors (Lipinski definition) is 0. The highest BCUT2D eigenvalue weighted by Gasteiger charge is 2.30. The van der Waals surface area contributed by atoms with Crippen LogP contribution in [-0.2, 0) is 9.84 Å². The van der Waals surface area contributed by atoms with Crippen molar-refractivity contribution < 1.29 is 17.3 Å². The van der Waals surface area contributed by atoms with Crippen LogP contribution < -0.4 is 5.38 Å². The van der Waals surface area contributed by atoms with Crippen LogP contribution in [0, 0.1) is 5.82 Å². The number of benzene rings is 2. The molecule has 4 nitrogen and oxygen atoms in total. The maximum atomic E-state index is 13.3. The van der Waals surface area contributed by atoms with E-state index in [1.165, 1.54) is 18.4 Å². The fraction of sp³-hybridized carbons (Fsp3) is 0.211. The monoisotopic (exact) mass is 389 g/mol. The van der Waals surface area contributed by atoms with Gasteiger partial charge < -0.3 is 4.52 Å². The van der Waals surface area contributed by atoms with Gasteiger partial charge in [0.15, 0.2) is 9.84 Å². The van der Waals surface area contributed by atoms with Crippen molar-refractivity contribution in [2.24, 2.45) is 0 Å². The lowest BCUT2D eigenvalue weighted by Gasteiger charge is -2.14. The molecule has 3 aromatic rings. The van der Waals surface area contributed by atoms with Gasteiger partial charge in [-0.2, -0.15) is 0 Å². The van der Waals surface area contributed by atoms with Crippen molar-refractivity contribution >= 4 is 23.3 Å². The molecule has 26 heavy (non-hydrogen) atoms. The molecule has 1 aromatic heterocycles. The maximum absolute atomic E-state index is 13.3. The van der Waals surface area contributed by atoms with Crippen LogP contribution in [0.5, 0.6) is 0 Å². The molecule has 0 aliphatic rings. The van der Waals surface area contributed by atoms with Crippen molar-refractivity contribution in [2.45, 2.75) is 24.5 Å². The molecular formula is C19H20FNO3SSi. The van der Waals surface area contributed by atoms with E-state index >= 15 is 0 Å². The Kier molecular flexibility index (Phi) is 4.62. The minimum atomic E-state index is -3.27. The minimum Gasteiger partial charge on any atom is -0.365 e. The average Bonchev–Trinajstić information content (AvgIpc) is 3.00. The Morgan fingerprint density at radius 1 is 0.923 bits per heavy atom. The van der Waals surface area contributed by atoms with Crippen LogP contribution in [-0.4, -0.2) is 27.9 Å². The summed E-state index contributed by atoms with van der Waals surface area (Å²) in [4.78, 5) is 0.260. The topological polar surface area (TPSA) is 60.2 Å². The summed E-state index contributed by atoms with van der Waals surface area (Å²) >= 11 is 0. The first-order chi connectivity index (χ1) is 12.1. The van der Waals surface area contributed by atoms with Gasteiger partial charge in [-0.25, -0.2) is 12.8 Å². The Bertz CT molecular complexity index is 1030. The SMILES string of the molecule is C[Si](C)(C)c1onc(-c2ccc(F)cc2)c1-c1ccc(S(C)(=O)=O)cc1. The van der Waals surface area contributed by atoms with E-state index in [-0.39, 0.29) is 10.7 Å². The highest BCUT2D eigenvalue weighted by atomic mass is 32.2. The standard InChI is InChI=1S/C19H20FNO3SSi/c1-25(22,23)16-11-7-13(8-12-16)17-18(14-5-9-15(20)10-6-14)21-24-19(17)26(2,3)4/h5-12H,1-4H3. The molecule has 0 unspecified atom stereocenters. The summed E-state index contributed by atoms with van der Waals surface area (Å²) in [7, 11) is -5.12. The van der Waals surface area contributed by atoms with Crippen LogP contribution in [0.15, 0.2) is 57.9 Å². The fourth-order valence-electron chi connectivity index (χ4n) is 2.74. The molecule has 3 rings (SSSR count). The van der Waals surface area contributed by atoms with E-state index in [0.29, 0.717) is 5.69 Å². The normalized spacial score (nSPS) is 12.3. The van der Waals surface area contributed by atoms with E-state index in [2.05, 4.69) is 24.8 Å². The summed E-state index contributed by atoms with van der Waals surface area (Å²) in [5.41, 5.74) is 3.06. The van der Waals surface area contributed by atoms with Gasteiger partial charge in [-0.05, 0) is 42.0 Å². The Balaban J connectivity index is 2.21. The first-order valence-electron chi connectivity index (χ1n) is 8.14. The summed E-state index contributed by atoms with van der Waals surface area (Å²) in [6.07, 6.45) is 1.18. The number of nitrogens with zero attached hydrogens (tertiary/aromatic N) is 1. The third kappa shape index (κ3) is 3.63. The zero-order valence-electron chi connectivity index (χ0n) is 15.1. The second-order valence-electron chi connectivity index (χ2n) is 7.29. The smallest absolute Gasteiger partial charge is 0.175 e. The molecular weight excluding hydrogens is 369 g/mol. The van der Waals surface area contributed by atoms with E-state index < -0.39 is 17.9 Å². The lowest BCUT2D eigenvalue weighted by Crippen LogP contribution is -2.37. The van der Waals surface area contributed by atoms with Gasteiger partial charge in [-0.1, -0.05) is 36.9 Å². The number of halogens is 1. The van der Waals surface area contributed by atoms with Crippen molar-refractivity contribution in [2.75, 3.05) is 6.26 Å². The molecule has 2 aromatic carbocycles. The Hall–Kier alpha value is -2.25. The molecule has 7 heteroatoms. The molecule has 0 saturated carbocycles. The molecule has 0 atom stereocenters. The van der Waals surface area contributed by atoms with Crippen molar-refractivity contribution in [1.82, 2.24) is 5.16 Å². The lowest BCUT2D eigenvalue weighted by atomic mass is 10.0. The van der Waals surface area contributed by atoms with E-state index in [9.17, 15) is 12.8 Å². The zero-order valence-corrected chi connectivity index (χ0v) is 16.9. The molecule has 0 fully saturated rings. The van der Waals surface area contributed by atoms with Gasteiger partial charge in [0.05, 0.1) is 4.90 Å². The molecule has 0 aliphatic carbocycles. The molecule has 0 bridgehead atoms. The van der Waals surface area contributed by atoms with Gasteiger partial charge in [0.2, 0.25) is 0 Å². The zero-order chi connectivity index (χ0) is 19.1. The van der Waals surface area contributed by atoms with Crippen LogP contribution >= 0.6 is 0 Å². The first-order valence-corrected chi connectivity index (χ1v) is 13.5. The Labute approximate surface area is 153 Å². The quantitative estimate of drug-likeness (QED) is 0.631. The van der Waals surface area contributed by atoms with Crippen molar-refractivity contribution in [3.8, 4) is 22.4 Å². The van der Waals surface area contributed by atoms with Crippen LogP contribution in [0.4, 0.5) is 4.39 Å². The molecule has 0 spiro atoms. The molecule has 0 radical (unpaired) electrons. The predicted molar refractivity (Wildman–Crippen MR) is 103 cm³/mol. The summed E-state index contributed by atoms with van der Waals surface area (Å²) in [5.74, 6) is -0.318. The van der Waals surface area contributed by atoms with E-state index in [1.807, 2.05) is 0 Å². The summed E-state index contributed by atoms with van der Waals surface area (Å²) in [5, 5.41) is 5.07. The van der Waals surface area contributed by atoms with Crippen LogP contribution in [0.1, 0.15) is 0 Å². The van der Waals surface area contributed by atoms with E-state index in [0.717, 1.165) is 22.1 Å². The third-order valence-corrected chi connectivity index (χ3v) is 6.89. The lowest BCUT2D eigenvalue weighted by molar-refractivity contribution is 0.446. The fourth-order valence-corrected chi connectivity index (χ4v) is 4.71. The Morgan fingerprint density at radius 2 is 1.46 bits per heavy atom.